The summed E-state index contributed by atoms with van der Waals surface area (Å²) < 4.78 is 5.44. The molecule has 0 saturated heterocycles. The zero-order valence-corrected chi connectivity index (χ0v) is 25.1. The number of aromatic nitrogens is 1. The van der Waals surface area contributed by atoms with Crippen LogP contribution in [0.15, 0.2) is 102 Å². The fraction of sp³-hybridized carbons (Fsp3) is 0.273. The number of hydrogen-bond acceptors (Lipinski definition) is 8. The van der Waals surface area contributed by atoms with Gasteiger partial charge in [0.25, 0.3) is 0 Å². The first-order valence-electron chi connectivity index (χ1n) is 13.6. The summed E-state index contributed by atoms with van der Waals surface area (Å²) in [6.07, 6.45) is -1.09. The summed E-state index contributed by atoms with van der Waals surface area (Å²) in [5.74, 6) is -2.27. The molecule has 2 N–H and O–H groups in total. The lowest BCUT2D eigenvalue weighted by molar-refractivity contribution is -0.171. The fourth-order valence-electron chi connectivity index (χ4n) is 4.48. The number of carboxylic acid groups (broad SMARTS) is 1. The van der Waals surface area contributed by atoms with Crippen LogP contribution in [0.25, 0.3) is 0 Å². The highest BCUT2D eigenvalue weighted by Gasteiger charge is 2.37. The van der Waals surface area contributed by atoms with Crippen molar-refractivity contribution >= 4 is 34.1 Å². The number of thiazole rings is 1. The molecule has 42 heavy (non-hydrogen) atoms. The van der Waals surface area contributed by atoms with Crippen LogP contribution in [0, 0.1) is 5.92 Å². The second-order valence-corrected chi connectivity index (χ2v) is 11.9. The number of rotatable bonds is 11. The Kier molecular flexibility index (Phi) is 9.42. The van der Waals surface area contributed by atoms with Crippen molar-refractivity contribution in [2.24, 2.45) is 11.1 Å². The molecule has 0 fully saturated rings. The number of nitrogens with zero attached hydrogens (tertiary/aromatic N) is 2. The van der Waals surface area contributed by atoms with E-state index in [0.29, 0.717) is 5.13 Å². The number of carbonyl (C=O) groups excluding carboxylic acids is 1. The van der Waals surface area contributed by atoms with Crippen molar-refractivity contribution in [3.8, 4) is 0 Å². The molecule has 1 atom stereocenters. The quantitative estimate of drug-likeness (QED) is 0.0870. The molecule has 0 saturated carbocycles. The van der Waals surface area contributed by atoms with Crippen LogP contribution in [0.5, 0.6) is 0 Å². The van der Waals surface area contributed by atoms with E-state index in [1.165, 1.54) is 11.3 Å². The van der Waals surface area contributed by atoms with Crippen LogP contribution in [-0.4, -0.2) is 39.4 Å². The number of ether oxygens (including phenoxy) is 1. The van der Waals surface area contributed by atoms with E-state index >= 15 is 0 Å². The summed E-state index contributed by atoms with van der Waals surface area (Å²) in [5, 5.41) is 19.6. The number of nitrogens with one attached hydrogen (secondary N) is 1. The van der Waals surface area contributed by atoms with Crippen LogP contribution in [0.3, 0.4) is 0 Å². The molecule has 4 rings (SSSR count). The van der Waals surface area contributed by atoms with Gasteiger partial charge in [-0.05, 0) is 37.5 Å². The van der Waals surface area contributed by atoms with Gasteiger partial charge in [0.05, 0.1) is 0 Å². The van der Waals surface area contributed by atoms with Crippen LogP contribution < -0.4 is 5.32 Å². The molecule has 0 bridgehead atoms. The molecular formula is C33H35N3O5S. The lowest BCUT2D eigenvalue weighted by Crippen LogP contribution is -2.38. The summed E-state index contributed by atoms with van der Waals surface area (Å²) in [4.78, 5) is 35.1. The summed E-state index contributed by atoms with van der Waals surface area (Å²) in [7, 11) is 0. The minimum absolute atomic E-state index is 0.102. The second kappa shape index (κ2) is 13.0. The molecule has 9 heteroatoms. The molecule has 4 aromatic rings. The molecule has 1 heterocycles. The van der Waals surface area contributed by atoms with Crippen LogP contribution in [-0.2, 0) is 24.7 Å². The molecule has 0 aliphatic heterocycles. The minimum atomic E-state index is -1.33. The van der Waals surface area contributed by atoms with Gasteiger partial charge < -0.3 is 20.0 Å². The van der Waals surface area contributed by atoms with Crippen molar-refractivity contribution in [2.45, 2.75) is 51.9 Å². The standard InChI is InChI=1S/C33H35N3O5S/c1-22(2)28(30(39)40-32(3,4)5)41-36-27(29(37)38)26-21-42-31(34-26)35-33(23-15-9-6-10-16-23,24-17-11-7-12-18-24)25-19-13-8-14-20-25/h6-22,28H,1-5H3,(H,34,35)(H,37,38)/b36-27-. The SMILES string of the molecule is CC(C)C(O/N=C(\C(=O)O)c1csc(NC(c2ccccc2)(c2ccccc2)c2ccccc2)n1)C(=O)OC(C)(C)C. The molecule has 0 amide bonds. The fourth-order valence-corrected chi connectivity index (χ4v) is 5.23. The smallest absolute Gasteiger partial charge is 0.360 e. The van der Waals surface area contributed by atoms with Crippen molar-refractivity contribution in [1.29, 1.82) is 0 Å². The number of anilines is 1. The second-order valence-electron chi connectivity index (χ2n) is 11.1. The van der Waals surface area contributed by atoms with Gasteiger partial charge in [-0.15, -0.1) is 11.3 Å². The van der Waals surface area contributed by atoms with Gasteiger partial charge in [0.1, 0.15) is 16.8 Å². The number of carboxylic acids is 1. The maximum atomic E-state index is 12.7. The number of aliphatic carboxylic acids is 1. The Bertz CT molecular complexity index is 1420. The van der Waals surface area contributed by atoms with Crippen molar-refractivity contribution in [3.05, 3.63) is 119 Å². The molecule has 0 radical (unpaired) electrons. The monoisotopic (exact) mass is 585 g/mol. The van der Waals surface area contributed by atoms with E-state index in [0.717, 1.165) is 16.7 Å². The number of carbonyl (C=O) groups is 2. The number of benzene rings is 3. The molecule has 1 unspecified atom stereocenters. The first kappa shape index (κ1) is 30.5. The van der Waals surface area contributed by atoms with Gasteiger partial charge in [-0.1, -0.05) is 110 Å². The van der Waals surface area contributed by atoms with Gasteiger partial charge >= 0.3 is 11.9 Å². The molecule has 8 nitrogen and oxygen atoms in total. The third kappa shape index (κ3) is 7.03. The van der Waals surface area contributed by atoms with E-state index in [1.54, 1.807) is 40.0 Å². The first-order valence-corrected chi connectivity index (χ1v) is 14.5. The van der Waals surface area contributed by atoms with Gasteiger partial charge in [0.15, 0.2) is 5.13 Å². The van der Waals surface area contributed by atoms with E-state index in [4.69, 9.17) is 9.57 Å². The number of hydrogen-bond donors (Lipinski definition) is 2. The predicted octanol–water partition coefficient (Wildman–Crippen LogP) is 6.72. The van der Waals surface area contributed by atoms with E-state index in [9.17, 15) is 14.7 Å². The van der Waals surface area contributed by atoms with Gasteiger partial charge in [0, 0.05) is 11.3 Å². The predicted molar refractivity (Wildman–Crippen MR) is 165 cm³/mol. The lowest BCUT2D eigenvalue weighted by atomic mass is 9.77. The third-order valence-electron chi connectivity index (χ3n) is 6.37. The molecule has 218 valence electrons. The van der Waals surface area contributed by atoms with Crippen molar-refractivity contribution in [3.63, 3.8) is 0 Å². The third-order valence-corrected chi connectivity index (χ3v) is 7.12. The van der Waals surface area contributed by atoms with Gasteiger partial charge in [-0.2, -0.15) is 0 Å². The highest BCUT2D eigenvalue weighted by molar-refractivity contribution is 7.14. The lowest BCUT2D eigenvalue weighted by Gasteiger charge is -2.36. The van der Waals surface area contributed by atoms with Gasteiger partial charge in [-0.25, -0.2) is 14.6 Å². The first-order chi connectivity index (χ1) is 20.0. The normalized spacial score (nSPS) is 13.0. The van der Waals surface area contributed by atoms with Gasteiger partial charge in [-0.3, -0.25) is 0 Å². The van der Waals surface area contributed by atoms with Crippen LogP contribution in [0.1, 0.15) is 57.0 Å². The van der Waals surface area contributed by atoms with Gasteiger partial charge in [0.2, 0.25) is 11.8 Å². The van der Waals surface area contributed by atoms with E-state index < -0.39 is 34.9 Å². The van der Waals surface area contributed by atoms with Crippen molar-refractivity contribution in [1.82, 2.24) is 4.98 Å². The molecule has 3 aromatic carbocycles. The molecule has 0 spiro atoms. The average Bonchev–Trinajstić information content (AvgIpc) is 3.42. The average molecular weight is 586 g/mol. The Morgan fingerprint density at radius 1 is 0.857 bits per heavy atom. The highest BCUT2D eigenvalue weighted by Crippen LogP contribution is 2.40. The summed E-state index contributed by atoms with van der Waals surface area (Å²) in [6, 6.07) is 30.0. The van der Waals surface area contributed by atoms with Crippen LogP contribution >= 0.6 is 11.3 Å². The van der Waals surface area contributed by atoms with Crippen LogP contribution in [0.2, 0.25) is 0 Å². The Labute approximate surface area is 250 Å². The maximum Gasteiger partial charge on any atom is 0.360 e. The Balaban J connectivity index is 1.74. The zero-order chi connectivity index (χ0) is 30.3. The molecule has 0 aliphatic rings. The summed E-state index contributed by atoms with van der Waals surface area (Å²) >= 11 is 1.25. The highest BCUT2D eigenvalue weighted by atomic mass is 32.1. The van der Waals surface area contributed by atoms with Crippen molar-refractivity contribution in [2.75, 3.05) is 5.32 Å². The van der Waals surface area contributed by atoms with Crippen molar-refractivity contribution < 1.29 is 24.3 Å². The minimum Gasteiger partial charge on any atom is -0.476 e. The molecule has 1 aromatic heterocycles. The van der Waals surface area contributed by atoms with E-state index in [1.807, 2.05) is 91.0 Å². The van der Waals surface area contributed by atoms with Crippen LogP contribution in [0.4, 0.5) is 5.13 Å². The molecular weight excluding hydrogens is 550 g/mol. The topological polar surface area (TPSA) is 110 Å². The number of oxime groups is 1. The van der Waals surface area contributed by atoms with E-state index in [-0.39, 0.29) is 11.6 Å². The summed E-state index contributed by atoms with van der Waals surface area (Å²) in [5.41, 5.74) is 1.05. The molecule has 0 aliphatic carbocycles. The maximum absolute atomic E-state index is 12.7. The summed E-state index contributed by atoms with van der Waals surface area (Å²) in [6.45, 7) is 8.78. The Morgan fingerprint density at radius 3 is 1.74 bits per heavy atom. The van der Waals surface area contributed by atoms with E-state index in [2.05, 4.69) is 15.5 Å². The Morgan fingerprint density at radius 2 is 1.33 bits per heavy atom. The number of esters is 1. The Hall–Kier alpha value is -4.50. The zero-order valence-electron chi connectivity index (χ0n) is 24.3. The largest absolute Gasteiger partial charge is 0.476 e.